The van der Waals surface area contributed by atoms with Crippen LogP contribution in [0.4, 0.5) is 0 Å². The summed E-state index contributed by atoms with van der Waals surface area (Å²) >= 11 is 0. The van der Waals surface area contributed by atoms with Crippen LogP contribution in [-0.2, 0) is 9.53 Å². The Kier molecular flexibility index (Phi) is 4.61. The van der Waals surface area contributed by atoms with Crippen molar-refractivity contribution in [2.24, 2.45) is 5.92 Å². The van der Waals surface area contributed by atoms with Crippen molar-refractivity contribution in [1.82, 2.24) is 9.80 Å². The molecule has 1 atom stereocenters. The Labute approximate surface area is 122 Å². The molecule has 4 nitrogen and oxygen atoms in total. The average molecular weight is 280 g/mol. The van der Waals surface area contributed by atoms with Crippen LogP contribution >= 0.6 is 0 Å². The lowest BCUT2D eigenvalue weighted by molar-refractivity contribution is -0.148. The maximum absolute atomic E-state index is 12.0. The fraction of sp³-hybridized carbons (Fsp3) is 0.938. The molecule has 1 unspecified atom stereocenters. The minimum Gasteiger partial charge on any atom is -0.468 e. The zero-order valence-corrected chi connectivity index (χ0v) is 12.7. The van der Waals surface area contributed by atoms with E-state index in [9.17, 15) is 4.79 Å². The summed E-state index contributed by atoms with van der Waals surface area (Å²) in [7, 11) is 1.53. The van der Waals surface area contributed by atoms with Crippen molar-refractivity contribution in [3.8, 4) is 0 Å². The van der Waals surface area contributed by atoms with Gasteiger partial charge >= 0.3 is 5.97 Å². The Morgan fingerprint density at radius 2 is 1.65 bits per heavy atom. The fourth-order valence-electron chi connectivity index (χ4n) is 3.99. The zero-order chi connectivity index (χ0) is 13.9. The van der Waals surface area contributed by atoms with E-state index in [0.29, 0.717) is 5.92 Å². The molecule has 114 valence electrons. The number of methoxy groups -OCH3 is 1. The van der Waals surface area contributed by atoms with Crippen LogP contribution < -0.4 is 0 Å². The maximum atomic E-state index is 12.0. The summed E-state index contributed by atoms with van der Waals surface area (Å²) in [6.07, 6.45) is 8.99. The van der Waals surface area contributed by atoms with E-state index in [1.807, 2.05) is 0 Å². The Hall–Kier alpha value is -0.610. The second kappa shape index (κ2) is 6.44. The van der Waals surface area contributed by atoms with Crippen LogP contribution in [0.3, 0.4) is 0 Å². The number of carbonyl (C=O) groups is 1. The summed E-state index contributed by atoms with van der Waals surface area (Å²) in [6.45, 7) is 4.70. The van der Waals surface area contributed by atoms with Crippen molar-refractivity contribution < 1.29 is 9.53 Å². The van der Waals surface area contributed by atoms with Crippen molar-refractivity contribution in [1.29, 1.82) is 0 Å². The molecule has 0 amide bonds. The molecule has 0 aromatic carbocycles. The van der Waals surface area contributed by atoms with Gasteiger partial charge in [-0.2, -0.15) is 0 Å². The maximum Gasteiger partial charge on any atom is 0.323 e. The van der Waals surface area contributed by atoms with E-state index in [4.69, 9.17) is 4.74 Å². The van der Waals surface area contributed by atoms with Crippen LogP contribution in [-0.4, -0.2) is 61.1 Å². The van der Waals surface area contributed by atoms with Crippen LogP contribution in [0, 0.1) is 5.92 Å². The van der Waals surface area contributed by atoms with E-state index in [1.54, 1.807) is 0 Å². The Morgan fingerprint density at radius 1 is 1.00 bits per heavy atom. The highest BCUT2D eigenvalue weighted by atomic mass is 16.5. The Balaban J connectivity index is 1.53. The molecule has 0 N–H and O–H groups in total. The molecule has 2 heterocycles. The van der Waals surface area contributed by atoms with Gasteiger partial charge in [-0.3, -0.25) is 9.69 Å². The first-order chi connectivity index (χ1) is 9.79. The molecule has 0 bridgehead atoms. The number of nitrogens with zero attached hydrogens (tertiary/aromatic N) is 2. The SMILES string of the molecule is COC(=O)C(C1CC1)N1CCC(N2CCCCC2)CC1. The van der Waals surface area contributed by atoms with Crippen molar-refractivity contribution in [3.05, 3.63) is 0 Å². The molecule has 0 radical (unpaired) electrons. The van der Waals surface area contributed by atoms with Gasteiger partial charge in [0.1, 0.15) is 6.04 Å². The van der Waals surface area contributed by atoms with Gasteiger partial charge in [0.15, 0.2) is 0 Å². The summed E-state index contributed by atoms with van der Waals surface area (Å²) in [5.41, 5.74) is 0. The molecule has 3 rings (SSSR count). The quantitative estimate of drug-likeness (QED) is 0.736. The van der Waals surface area contributed by atoms with Gasteiger partial charge in [0.05, 0.1) is 7.11 Å². The third kappa shape index (κ3) is 3.17. The van der Waals surface area contributed by atoms with Crippen LogP contribution in [0.1, 0.15) is 44.9 Å². The first-order valence-corrected chi connectivity index (χ1v) is 8.35. The summed E-state index contributed by atoms with van der Waals surface area (Å²) in [4.78, 5) is 17.1. The molecule has 20 heavy (non-hydrogen) atoms. The smallest absolute Gasteiger partial charge is 0.323 e. The summed E-state index contributed by atoms with van der Waals surface area (Å²) in [5.74, 6) is 0.554. The number of ether oxygens (including phenoxy) is 1. The second-order valence-corrected chi connectivity index (χ2v) is 6.67. The number of rotatable bonds is 4. The van der Waals surface area contributed by atoms with Crippen molar-refractivity contribution in [2.45, 2.75) is 57.0 Å². The number of likely N-dealkylation sites (tertiary alicyclic amines) is 2. The van der Waals surface area contributed by atoms with Crippen LogP contribution in [0.25, 0.3) is 0 Å². The topological polar surface area (TPSA) is 32.8 Å². The average Bonchev–Trinajstić information content (AvgIpc) is 3.34. The Bertz CT molecular complexity index is 329. The number of hydrogen-bond acceptors (Lipinski definition) is 4. The van der Waals surface area contributed by atoms with Crippen LogP contribution in [0.5, 0.6) is 0 Å². The van der Waals surface area contributed by atoms with E-state index >= 15 is 0 Å². The van der Waals surface area contributed by atoms with Gasteiger partial charge in [-0.1, -0.05) is 6.42 Å². The molecule has 1 saturated carbocycles. The molecular weight excluding hydrogens is 252 g/mol. The Morgan fingerprint density at radius 3 is 2.20 bits per heavy atom. The van der Waals surface area contributed by atoms with Crippen LogP contribution in [0.15, 0.2) is 0 Å². The third-order valence-corrected chi connectivity index (χ3v) is 5.31. The molecule has 3 aliphatic rings. The van der Waals surface area contributed by atoms with E-state index in [1.165, 1.54) is 65.1 Å². The lowest BCUT2D eigenvalue weighted by Gasteiger charge is -2.42. The van der Waals surface area contributed by atoms with Crippen molar-refractivity contribution in [3.63, 3.8) is 0 Å². The zero-order valence-electron chi connectivity index (χ0n) is 12.7. The van der Waals surface area contributed by atoms with E-state index in [-0.39, 0.29) is 12.0 Å². The third-order valence-electron chi connectivity index (χ3n) is 5.31. The largest absolute Gasteiger partial charge is 0.468 e. The lowest BCUT2D eigenvalue weighted by atomic mass is 9.98. The first-order valence-electron chi connectivity index (χ1n) is 8.35. The van der Waals surface area contributed by atoms with Gasteiger partial charge in [0.25, 0.3) is 0 Å². The molecule has 0 aromatic rings. The minimum absolute atomic E-state index is 0.0103. The predicted molar refractivity (Wildman–Crippen MR) is 78.5 cm³/mol. The van der Waals surface area contributed by atoms with Crippen LogP contribution in [0.2, 0.25) is 0 Å². The highest BCUT2D eigenvalue weighted by Crippen LogP contribution is 2.37. The second-order valence-electron chi connectivity index (χ2n) is 6.67. The summed E-state index contributed by atoms with van der Waals surface area (Å²) in [6, 6.07) is 0.798. The number of hydrogen-bond donors (Lipinski definition) is 0. The summed E-state index contributed by atoms with van der Waals surface area (Å²) < 4.78 is 5.02. The van der Waals surface area contributed by atoms with Gasteiger partial charge in [0, 0.05) is 19.1 Å². The van der Waals surface area contributed by atoms with Gasteiger partial charge in [-0.05, 0) is 57.5 Å². The molecule has 1 aliphatic carbocycles. The van der Waals surface area contributed by atoms with Gasteiger partial charge in [-0.15, -0.1) is 0 Å². The number of carbonyl (C=O) groups excluding carboxylic acids is 1. The van der Waals surface area contributed by atoms with E-state index in [0.717, 1.165) is 19.1 Å². The van der Waals surface area contributed by atoms with Gasteiger partial charge in [0.2, 0.25) is 0 Å². The lowest BCUT2D eigenvalue weighted by Crippen LogP contribution is -2.52. The number of esters is 1. The van der Waals surface area contributed by atoms with Crippen molar-refractivity contribution >= 4 is 5.97 Å². The highest BCUT2D eigenvalue weighted by molar-refractivity contribution is 5.76. The molecule has 4 heteroatoms. The molecular formula is C16H28N2O2. The summed E-state index contributed by atoms with van der Waals surface area (Å²) in [5, 5.41) is 0. The molecule has 2 saturated heterocycles. The van der Waals surface area contributed by atoms with Gasteiger partial charge in [-0.25, -0.2) is 0 Å². The highest BCUT2D eigenvalue weighted by Gasteiger charge is 2.42. The molecule has 0 spiro atoms. The van der Waals surface area contributed by atoms with Gasteiger partial charge < -0.3 is 9.64 Å². The number of piperidine rings is 2. The first kappa shape index (κ1) is 14.3. The predicted octanol–water partition coefficient (Wildman–Crippen LogP) is 1.89. The minimum atomic E-state index is -0.0103. The normalized spacial score (nSPS) is 28.2. The molecule has 3 fully saturated rings. The standard InChI is InChI=1S/C16H28N2O2/c1-20-16(19)15(13-5-6-13)18-11-7-14(8-12-18)17-9-3-2-4-10-17/h13-15H,2-12H2,1H3. The van der Waals surface area contributed by atoms with E-state index in [2.05, 4.69) is 9.80 Å². The molecule has 0 aromatic heterocycles. The monoisotopic (exact) mass is 280 g/mol. The fourth-order valence-corrected chi connectivity index (χ4v) is 3.99. The van der Waals surface area contributed by atoms with E-state index < -0.39 is 0 Å². The van der Waals surface area contributed by atoms with Crippen molar-refractivity contribution in [2.75, 3.05) is 33.3 Å². The molecule has 2 aliphatic heterocycles.